The van der Waals surface area contributed by atoms with E-state index in [-0.39, 0.29) is 75.0 Å². The van der Waals surface area contributed by atoms with Crippen LogP contribution in [0.2, 0.25) is 0 Å². The second-order valence-electron chi connectivity index (χ2n) is 29.6. The Morgan fingerprint density at radius 2 is 1.20 bits per heavy atom. The Hall–Kier alpha value is -9.23. The molecule has 634 valence electrons. The highest BCUT2D eigenvalue weighted by atomic mass is 33.1. The van der Waals surface area contributed by atoms with Gasteiger partial charge in [0.15, 0.2) is 12.3 Å². The monoisotopic (exact) mass is 1640 g/mol. The molecule has 2 aromatic rings. The zero-order valence-corrected chi connectivity index (χ0v) is 69.4. The van der Waals surface area contributed by atoms with E-state index in [1.165, 1.54) is 46.8 Å². The van der Waals surface area contributed by atoms with Crippen LogP contribution in [0.4, 0.5) is 0 Å². The molecule has 0 aromatic heterocycles. The third kappa shape index (κ3) is 31.5. The lowest BCUT2D eigenvalue weighted by Crippen LogP contribution is -2.62. The lowest BCUT2D eigenvalue weighted by molar-refractivity contribution is -0.155. The van der Waals surface area contributed by atoms with Gasteiger partial charge in [-0.05, 0) is 81.3 Å². The average molecular weight is 1640 g/mol. The van der Waals surface area contributed by atoms with Crippen molar-refractivity contribution in [2.75, 3.05) is 45.4 Å². The van der Waals surface area contributed by atoms with E-state index >= 15 is 4.79 Å². The zero-order valence-electron chi connectivity index (χ0n) is 67.8. The summed E-state index contributed by atoms with van der Waals surface area (Å²) in [5.74, 6) is -15.4. The number of likely N-dealkylation sites (N-methyl/N-ethyl adjacent to an activating group) is 1. The van der Waals surface area contributed by atoms with Crippen molar-refractivity contribution in [3.8, 4) is 0 Å². The Morgan fingerprint density at radius 3 is 1.75 bits per heavy atom. The highest BCUT2D eigenvalue weighted by Gasteiger charge is 2.43. The maximum Gasteiger partial charge on any atom is 0.331 e. The number of nitrogens with zero attached hydrogens (tertiary/aromatic N) is 2. The van der Waals surface area contributed by atoms with E-state index < -0.39 is 217 Å². The van der Waals surface area contributed by atoms with Crippen molar-refractivity contribution >= 4 is 110 Å². The summed E-state index contributed by atoms with van der Waals surface area (Å²) in [7, 11) is 4.35. The molecule has 2 fully saturated rings. The minimum absolute atomic E-state index is 0.00674. The van der Waals surface area contributed by atoms with Crippen molar-refractivity contribution < 1.29 is 96.7 Å². The number of ether oxygens (including phenoxy) is 2. The number of esters is 1. The minimum Gasteiger partial charge on any atom is -0.459 e. The van der Waals surface area contributed by atoms with E-state index in [4.69, 9.17) is 9.47 Å². The SMILES string of the molecule is C=C1NC(=O)C([C@@H](C)CC)NC(=O)[C@@H](NC(=O)[C@@H]2CCCN2C(=O)[C@@H](Cc2ccccc2)NC(C)=O)CSSC[C@H](NC(=O)CCC(O)O)C(=O)N[C@H](Cc2ccccc2)C(=O)N[C@H](C)C(=O)NC(C[C@@H](C)CC)C(=O)NC[C@@H](C)OC(=O)[C@H](CO)NC(=O)[C@H]([C@@H](C)OC)N(C)C(=O)[C@@H](C(C)C)NC(=O)[C@H](C[C@H](C)CC)NC1=O. The average Bonchev–Trinajstić information content (AvgIpc) is 1.08. The number of likely N-dealkylation sites (tertiary alicyclic amines) is 1. The van der Waals surface area contributed by atoms with E-state index in [2.05, 4.69) is 70.4 Å². The number of cyclic esters (lactones) is 1. The van der Waals surface area contributed by atoms with E-state index in [1.54, 1.807) is 88.4 Å². The van der Waals surface area contributed by atoms with Crippen molar-refractivity contribution in [1.82, 2.24) is 73.6 Å². The van der Waals surface area contributed by atoms with Crippen LogP contribution < -0.4 is 63.8 Å². The summed E-state index contributed by atoms with van der Waals surface area (Å²) in [6.45, 7) is 21.9. The molecule has 2 aliphatic rings. The molecule has 0 bridgehead atoms. The molecule has 15 N–H and O–H groups in total. The van der Waals surface area contributed by atoms with Gasteiger partial charge in [-0.1, -0.05) is 163 Å². The second-order valence-corrected chi connectivity index (χ2v) is 32.2. The third-order valence-electron chi connectivity index (χ3n) is 19.9. The summed E-state index contributed by atoms with van der Waals surface area (Å²) in [6, 6.07) is 0.232. The van der Waals surface area contributed by atoms with Gasteiger partial charge in [-0.3, -0.25) is 67.1 Å². The number of carbonyl (C=O) groups is 15. The Balaban J connectivity index is 1.87. The van der Waals surface area contributed by atoms with Crippen LogP contribution in [0, 0.1) is 23.7 Å². The summed E-state index contributed by atoms with van der Waals surface area (Å²) in [6.07, 6.45) is -3.33. The second kappa shape index (κ2) is 48.9. The van der Waals surface area contributed by atoms with Crippen LogP contribution in [-0.4, -0.2) is 250 Å². The first kappa shape index (κ1) is 97.1. The molecule has 0 saturated carbocycles. The molecule has 2 heterocycles. The van der Waals surface area contributed by atoms with Crippen LogP contribution in [-0.2, 0) is 94.2 Å². The molecular weight excluding hydrogens is 1520 g/mol. The first-order chi connectivity index (χ1) is 53.9. The molecule has 14 amide bonds. The summed E-state index contributed by atoms with van der Waals surface area (Å²) in [4.78, 5) is 217. The highest BCUT2D eigenvalue weighted by molar-refractivity contribution is 8.76. The Bertz CT molecular complexity index is 3600. The predicted molar refractivity (Wildman–Crippen MR) is 426 cm³/mol. The number of methoxy groups -OCH3 is 1. The van der Waals surface area contributed by atoms with E-state index in [0.29, 0.717) is 30.4 Å². The molecule has 17 atom stereocenters. The number of hydrogen-bond acceptors (Lipinski definition) is 22. The van der Waals surface area contributed by atoms with Crippen LogP contribution in [0.5, 0.6) is 0 Å². The number of aliphatic hydroxyl groups is 3. The van der Waals surface area contributed by atoms with Gasteiger partial charge in [0.05, 0.1) is 25.0 Å². The molecule has 36 heteroatoms. The van der Waals surface area contributed by atoms with Crippen LogP contribution in [0.1, 0.15) is 152 Å². The summed E-state index contributed by atoms with van der Waals surface area (Å²) in [5.41, 5.74) is 0.674. The lowest BCUT2D eigenvalue weighted by atomic mass is 9.96. The summed E-state index contributed by atoms with van der Waals surface area (Å²) in [5, 5.41) is 61.6. The van der Waals surface area contributed by atoms with Gasteiger partial charge >= 0.3 is 5.97 Å². The number of hydrogen-bond donors (Lipinski definition) is 15. The molecule has 114 heavy (non-hydrogen) atoms. The van der Waals surface area contributed by atoms with Gasteiger partial charge in [-0.25, -0.2) is 4.79 Å². The fraction of sp³-hybridized carbons (Fsp3) is 0.628. The van der Waals surface area contributed by atoms with Crippen LogP contribution in [0.15, 0.2) is 72.9 Å². The third-order valence-corrected chi connectivity index (χ3v) is 22.4. The number of aliphatic hydroxyl groups excluding tert-OH is 2. The van der Waals surface area contributed by atoms with Gasteiger partial charge < -0.3 is 98.4 Å². The maximum atomic E-state index is 15.1. The molecule has 2 saturated heterocycles. The molecular formula is C78H120N14O20S2. The number of benzene rings is 2. The first-order valence-corrected chi connectivity index (χ1v) is 41.2. The minimum atomic E-state index is -1.92. The highest BCUT2D eigenvalue weighted by Crippen LogP contribution is 2.26. The lowest BCUT2D eigenvalue weighted by Gasteiger charge is -2.35. The summed E-state index contributed by atoms with van der Waals surface area (Å²) >= 11 is 0. The van der Waals surface area contributed by atoms with Crippen molar-refractivity contribution in [1.29, 1.82) is 0 Å². The standard InChI is InChI=1S/C78H120N14O20S2/c1-16-43(6)34-53-68(100)79-38-46(9)112-78(110)57(39-93)87-75(107)65(49(12)111-15)91(14)77(109)63(42(4)5)89-70(102)54(35-44(7)17-2)85-67(99)48(11)81-74(106)64(45(8)18-3)90-72(104)59(88-73(105)60-30-25-33-92(60)76(108)56(82-50(13)94)37-52-28-23-20-24-29-52)41-114-113-40-58(83-61(95)31-32-62(96)97)71(103)86-55(36-51-26-21-19-22-27-51)69(101)80-47(10)66(98)84-53/h19-24,26-29,42-47,49,53-60,62-65,93,96-97H,11,16-18,25,30-41H2,1-10,12-15H3,(H,79,100)(H,80,101)(H,81,106)(H,82,94)(H,83,95)(H,84,98)(H,85,99)(H,86,103)(H,87,107)(H,88,105)(H,89,102)(H,90,104)/t43-,44+,45-,46+,47+,49+,53?,54-,55+,56+,57-,58-,59-,60-,63+,64?,65-/m0/s1. The quantitative estimate of drug-likeness (QED) is 0.0283. The van der Waals surface area contributed by atoms with Gasteiger partial charge in [-0.15, -0.1) is 0 Å². The van der Waals surface area contributed by atoms with Gasteiger partial charge in [0.2, 0.25) is 76.8 Å². The molecule has 0 spiro atoms. The molecule has 4 rings (SSSR count). The van der Waals surface area contributed by atoms with E-state index in [1.807, 2.05) is 27.7 Å². The Labute approximate surface area is 675 Å². The van der Waals surface area contributed by atoms with Crippen molar-refractivity contribution in [3.63, 3.8) is 0 Å². The number of nitrogens with one attached hydrogen (secondary N) is 12. The van der Waals surface area contributed by atoms with Crippen molar-refractivity contribution in [2.24, 2.45) is 23.7 Å². The van der Waals surface area contributed by atoms with Crippen molar-refractivity contribution in [3.05, 3.63) is 84.1 Å². The maximum absolute atomic E-state index is 15.1. The largest absolute Gasteiger partial charge is 0.459 e. The topological polar surface area (TPSA) is 486 Å². The zero-order chi connectivity index (χ0) is 85.2. The predicted octanol–water partition coefficient (Wildman–Crippen LogP) is -0.0570. The molecule has 0 aliphatic carbocycles. The molecule has 2 unspecified atom stereocenters. The van der Waals surface area contributed by atoms with Crippen molar-refractivity contribution in [2.45, 2.75) is 245 Å². The fourth-order valence-corrected chi connectivity index (χ4v) is 14.7. The molecule has 2 aromatic carbocycles. The Morgan fingerprint density at radius 1 is 0.658 bits per heavy atom. The van der Waals surface area contributed by atoms with E-state index in [0.717, 1.165) is 26.5 Å². The number of carbonyl (C=O) groups excluding carboxylic acids is 15. The normalized spacial score (nSPS) is 25.5. The summed E-state index contributed by atoms with van der Waals surface area (Å²) < 4.78 is 11.1. The number of rotatable bonds is 24. The van der Waals surface area contributed by atoms with Crippen LogP contribution in [0.3, 0.4) is 0 Å². The number of amides is 14. The first-order valence-electron chi connectivity index (χ1n) is 38.8. The molecule has 2 aliphatic heterocycles. The van der Waals surface area contributed by atoms with Gasteiger partial charge in [0.1, 0.15) is 72.6 Å². The van der Waals surface area contributed by atoms with Gasteiger partial charge in [-0.2, -0.15) is 0 Å². The van der Waals surface area contributed by atoms with E-state index in [9.17, 15) is 82.4 Å². The Kier molecular flexibility index (Phi) is 41.6. The van der Waals surface area contributed by atoms with Crippen LogP contribution >= 0.6 is 21.6 Å². The smallest absolute Gasteiger partial charge is 0.331 e. The molecule has 0 radical (unpaired) electrons. The molecule has 34 nitrogen and oxygen atoms in total. The fourth-order valence-electron chi connectivity index (χ4n) is 12.4. The van der Waals surface area contributed by atoms with Crippen LogP contribution in [0.25, 0.3) is 0 Å². The van der Waals surface area contributed by atoms with Gasteiger partial charge in [0.25, 0.3) is 5.91 Å². The van der Waals surface area contributed by atoms with Gasteiger partial charge in [0, 0.05) is 64.8 Å².